The van der Waals surface area contributed by atoms with E-state index >= 15 is 0 Å². The number of sulfone groups is 1. The molecule has 0 saturated carbocycles. The number of ketones is 1. The van der Waals surface area contributed by atoms with Gasteiger partial charge in [-0.15, -0.1) is 12.3 Å². The van der Waals surface area contributed by atoms with Gasteiger partial charge in [-0.05, 0) is 18.6 Å². The van der Waals surface area contributed by atoms with Crippen molar-refractivity contribution in [3.63, 3.8) is 0 Å². The van der Waals surface area contributed by atoms with Gasteiger partial charge in [0.1, 0.15) is 0 Å². The molecule has 0 bridgehead atoms. The Morgan fingerprint density at radius 2 is 2.12 bits per heavy atom. The average molecular weight is 250 g/mol. The largest absolute Gasteiger partial charge is 0.294 e. The van der Waals surface area contributed by atoms with Gasteiger partial charge in [0.2, 0.25) is 0 Å². The van der Waals surface area contributed by atoms with E-state index in [0.717, 1.165) is 6.26 Å². The molecule has 0 spiro atoms. The first kappa shape index (κ1) is 13.5. The predicted octanol–water partition coefficient (Wildman–Crippen LogP) is 2.08. The highest BCUT2D eigenvalue weighted by atomic mass is 32.2. The molecule has 17 heavy (non-hydrogen) atoms. The standard InChI is InChI=1S/C13H14O3S/c1-3-4-5-9-13(14)11-7-6-8-12(10-11)17(2,15)16/h1,6-8,10H,4-5,9H2,2H3. The van der Waals surface area contributed by atoms with Crippen molar-refractivity contribution in [1.82, 2.24) is 0 Å². The number of Topliss-reactive ketones (excluding diaryl/α,β-unsaturated/α-hetero) is 1. The van der Waals surface area contributed by atoms with Gasteiger partial charge in [0, 0.05) is 24.7 Å². The van der Waals surface area contributed by atoms with Gasteiger partial charge >= 0.3 is 0 Å². The molecular weight excluding hydrogens is 236 g/mol. The minimum absolute atomic E-state index is 0.0780. The SMILES string of the molecule is C#CCCCC(=O)c1cccc(S(C)(=O)=O)c1. The lowest BCUT2D eigenvalue weighted by Crippen LogP contribution is -2.02. The highest BCUT2D eigenvalue weighted by Gasteiger charge is 2.11. The van der Waals surface area contributed by atoms with E-state index in [0.29, 0.717) is 24.8 Å². The molecule has 0 aliphatic heterocycles. The molecule has 4 heteroatoms. The summed E-state index contributed by atoms with van der Waals surface area (Å²) in [5, 5.41) is 0. The van der Waals surface area contributed by atoms with E-state index in [9.17, 15) is 13.2 Å². The summed E-state index contributed by atoms with van der Waals surface area (Å²) in [6.45, 7) is 0. The average Bonchev–Trinajstić information content (AvgIpc) is 2.28. The van der Waals surface area contributed by atoms with Crippen molar-refractivity contribution >= 4 is 15.6 Å². The number of terminal acetylenes is 1. The van der Waals surface area contributed by atoms with Crippen molar-refractivity contribution < 1.29 is 13.2 Å². The Balaban J connectivity index is 2.86. The minimum Gasteiger partial charge on any atom is -0.294 e. The first-order chi connectivity index (χ1) is 7.95. The van der Waals surface area contributed by atoms with Gasteiger partial charge < -0.3 is 0 Å². The molecule has 0 N–H and O–H groups in total. The third-order valence-corrected chi connectivity index (χ3v) is 3.42. The molecule has 0 aromatic heterocycles. The van der Waals surface area contributed by atoms with E-state index in [1.807, 2.05) is 0 Å². The summed E-state index contributed by atoms with van der Waals surface area (Å²) in [4.78, 5) is 11.9. The summed E-state index contributed by atoms with van der Waals surface area (Å²) in [6, 6.07) is 6.08. The van der Waals surface area contributed by atoms with Gasteiger partial charge in [-0.1, -0.05) is 12.1 Å². The van der Waals surface area contributed by atoms with E-state index in [4.69, 9.17) is 6.42 Å². The normalized spacial score (nSPS) is 10.8. The molecule has 0 fully saturated rings. The lowest BCUT2D eigenvalue weighted by Gasteiger charge is -2.02. The number of carbonyl (C=O) groups is 1. The summed E-state index contributed by atoms with van der Waals surface area (Å²) < 4.78 is 22.7. The van der Waals surface area contributed by atoms with E-state index < -0.39 is 9.84 Å². The number of unbranched alkanes of at least 4 members (excludes halogenated alkanes) is 1. The molecule has 0 radical (unpaired) electrons. The zero-order chi connectivity index (χ0) is 12.9. The van der Waals surface area contributed by atoms with E-state index in [2.05, 4.69) is 5.92 Å². The lowest BCUT2D eigenvalue weighted by molar-refractivity contribution is 0.0980. The van der Waals surface area contributed by atoms with Crippen LogP contribution in [0.15, 0.2) is 29.2 Å². The fraction of sp³-hybridized carbons (Fsp3) is 0.308. The van der Waals surface area contributed by atoms with Crippen molar-refractivity contribution in [2.75, 3.05) is 6.26 Å². The molecule has 1 aromatic rings. The van der Waals surface area contributed by atoms with Gasteiger partial charge in [0.25, 0.3) is 0 Å². The van der Waals surface area contributed by atoms with Crippen LogP contribution >= 0.6 is 0 Å². The quantitative estimate of drug-likeness (QED) is 0.456. The van der Waals surface area contributed by atoms with Gasteiger partial charge in [-0.25, -0.2) is 8.42 Å². The molecule has 1 aromatic carbocycles. The summed E-state index contributed by atoms with van der Waals surface area (Å²) in [7, 11) is -3.27. The second-order valence-corrected chi connectivity index (χ2v) is 5.80. The molecule has 90 valence electrons. The van der Waals surface area contributed by atoms with Crippen LogP contribution in [0.25, 0.3) is 0 Å². The smallest absolute Gasteiger partial charge is 0.175 e. The summed E-state index contributed by atoms with van der Waals surface area (Å²) in [6.07, 6.45) is 7.74. The fourth-order valence-electron chi connectivity index (χ4n) is 1.40. The molecule has 0 aliphatic rings. The van der Waals surface area contributed by atoms with E-state index in [1.54, 1.807) is 12.1 Å². The minimum atomic E-state index is -3.27. The van der Waals surface area contributed by atoms with Crippen LogP contribution < -0.4 is 0 Å². The zero-order valence-electron chi connectivity index (χ0n) is 9.64. The topological polar surface area (TPSA) is 51.2 Å². The Morgan fingerprint density at radius 1 is 1.41 bits per heavy atom. The molecule has 0 amide bonds. The van der Waals surface area contributed by atoms with Gasteiger partial charge in [0.15, 0.2) is 15.6 Å². The second kappa shape index (κ2) is 5.65. The van der Waals surface area contributed by atoms with Gasteiger partial charge in [-0.2, -0.15) is 0 Å². The Hall–Kier alpha value is -1.60. The third kappa shape index (κ3) is 4.04. The van der Waals surface area contributed by atoms with Crippen LogP contribution in [0.1, 0.15) is 29.6 Å². The monoisotopic (exact) mass is 250 g/mol. The summed E-state index contributed by atoms with van der Waals surface area (Å²) >= 11 is 0. The molecular formula is C13H14O3S. The van der Waals surface area contributed by atoms with Crippen LogP contribution in [0.2, 0.25) is 0 Å². The predicted molar refractivity (Wildman–Crippen MR) is 66.6 cm³/mol. The van der Waals surface area contributed by atoms with Crippen molar-refractivity contribution in [3.8, 4) is 12.3 Å². The Kier molecular flexibility index (Phi) is 4.47. The first-order valence-corrected chi connectivity index (χ1v) is 7.11. The third-order valence-electron chi connectivity index (χ3n) is 2.31. The Labute approximate surface area is 102 Å². The first-order valence-electron chi connectivity index (χ1n) is 5.22. The number of carbonyl (C=O) groups excluding carboxylic acids is 1. The van der Waals surface area contributed by atoms with Crippen LogP contribution in [0.5, 0.6) is 0 Å². The molecule has 0 heterocycles. The van der Waals surface area contributed by atoms with E-state index in [-0.39, 0.29) is 10.7 Å². The maximum absolute atomic E-state index is 11.7. The number of hydrogen-bond acceptors (Lipinski definition) is 3. The fourth-order valence-corrected chi connectivity index (χ4v) is 2.06. The van der Waals surface area contributed by atoms with Crippen molar-refractivity contribution in [2.45, 2.75) is 24.2 Å². The highest BCUT2D eigenvalue weighted by Crippen LogP contribution is 2.13. The number of rotatable bonds is 5. The second-order valence-electron chi connectivity index (χ2n) is 3.78. The highest BCUT2D eigenvalue weighted by molar-refractivity contribution is 7.90. The summed E-state index contributed by atoms with van der Waals surface area (Å²) in [5.74, 6) is 2.38. The maximum atomic E-state index is 11.7. The van der Waals surface area contributed by atoms with Crippen LogP contribution in [0.4, 0.5) is 0 Å². The van der Waals surface area contributed by atoms with Crippen molar-refractivity contribution in [1.29, 1.82) is 0 Å². The molecule has 0 atom stereocenters. The van der Waals surface area contributed by atoms with Gasteiger partial charge in [0.05, 0.1) is 4.90 Å². The van der Waals surface area contributed by atoms with Gasteiger partial charge in [-0.3, -0.25) is 4.79 Å². The van der Waals surface area contributed by atoms with Crippen molar-refractivity contribution in [3.05, 3.63) is 29.8 Å². The number of benzene rings is 1. The molecule has 1 rings (SSSR count). The van der Waals surface area contributed by atoms with Crippen LogP contribution in [-0.4, -0.2) is 20.5 Å². The molecule has 0 unspecified atom stereocenters. The van der Waals surface area contributed by atoms with Crippen LogP contribution in [-0.2, 0) is 9.84 Å². The maximum Gasteiger partial charge on any atom is 0.175 e. The summed E-state index contributed by atoms with van der Waals surface area (Å²) in [5.41, 5.74) is 0.421. The molecule has 3 nitrogen and oxygen atoms in total. The number of hydrogen-bond donors (Lipinski definition) is 0. The van der Waals surface area contributed by atoms with Crippen LogP contribution in [0.3, 0.4) is 0 Å². The molecule has 0 saturated heterocycles. The van der Waals surface area contributed by atoms with Crippen LogP contribution in [0, 0.1) is 12.3 Å². The Morgan fingerprint density at radius 3 is 2.71 bits per heavy atom. The zero-order valence-corrected chi connectivity index (χ0v) is 10.5. The Bertz CT molecular complexity index is 550. The lowest BCUT2D eigenvalue weighted by atomic mass is 10.1. The molecule has 0 aliphatic carbocycles. The van der Waals surface area contributed by atoms with E-state index in [1.165, 1.54) is 12.1 Å². The van der Waals surface area contributed by atoms with Crippen molar-refractivity contribution in [2.24, 2.45) is 0 Å².